The Labute approximate surface area is 138 Å². The number of rotatable bonds is 3. The molecule has 3 rings (SSSR count). The Hall–Kier alpha value is -2.06. The zero-order chi connectivity index (χ0) is 16.4. The van der Waals surface area contributed by atoms with Gasteiger partial charge in [-0.25, -0.2) is 9.78 Å². The van der Waals surface area contributed by atoms with Crippen molar-refractivity contribution in [3.8, 4) is 0 Å². The van der Waals surface area contributed by atoms with Crippen molar-refractivity contribution >= 4 is 35.2 Å². The molecule has 0 unspecified atom stereocenters. The maximum absolute atomic E-state index is 12.3. The van der Waals surface area contributed by atoms with Gasteiger partial charge in [0, 0.05) is 24.7 Å². The molecule has 2 aliphatic heterocycles. The quantitative estimate of drug-likeness (QED) is 0.850. The van der Waals surface area contributed by atoms with Crippen molar-refractivity contribution in [2.24, 2.45) is 0 Å². The molecule has 8 nitrogen and oxygen atoms in total. The monoisotopic (exact) mass is 340 g/mol. The highest BCUT2D eigenvalue weighted by molar-refractivity contribution is 6.31. The van der Waals surface area contributed by atoms with Crippen LogP contribution in [0.4, 0.5) is 16.4 Å². The van der Waals surface area contributed by atoms with Gasteiger partial charge in [0.05, 0.1) is 13.2 Å². The molecule has 1 aromatic heterocycles. The first-order valence-electron chi connectivity index (χ1n) is 7.36. The summed E-state index contributed by atoms with van der Waals surface area (Å²) < 4.78 is 5.32. The fraction of sp³-hybridized carbons (Fsp3) is 0.500. The van der Waals surface area contributed by atoms with E-state index in [0.29, 0.717) is 55.9 Å². The van der Waals surface area contributed by atoms with Crippen LogP contribution < -0.4 is 15.1 Å². The van der Waals surface area contributed by atoms with Crippen molar-refractivity contribution in [1.82, 2.24) is 10.3 Å². The summed E-state index contributed by atoms with van der Waals surface area (Å²) in [5.74, 6) is 0.826. The number of nitrogens with one attached hydrogen (secondary N) is 1. The van der Waals surface area contributed by atoms with Crippen molar-refractivity contribution in [2.75, 3.05) is 42.6 Å². The number of carbonyl (C=O) groups is 2. The Kier molecular flexibility index (Phi) is 4.53. The Morgan fingerprint density at radius 1 is 1.30 bits per heavy atom. The molecular weight excluding hydrogens is 324 g/mol. The average Bonchev–Trinajstić information content (AvgIpc) is 2.88. The summed E-state index contributed by atoms with van der Waals surface area (Å²) >= 11 is 6.17. The molecule has 2 N–H and O–H groups in total. The van der Waals surface area contributed by atoms with Crippen LogP contribution in [0.2, 0.25) is 5.02 Å². The summed E-state index contributed by atoms with van der Waals surface area (Å²) in [7, 11) is 0. The van der Waals surface area contributed by atoms with Crippen LogP contribution in [-0.4, -0.2) is 61.0 Å². The third-order valence-corrected chi connectivity index (χ3v) is 4.10. The molecule has 2 amide bonds. The van der Waals surface area contributed by atoms with Crippen LogP contribution in [0, 0.1) is 0 Å². The number of carbonyl (C=O) groups excluding carboxylic acids is 1. The van der Waals surface area contributed by atoms with Crippen LogP contribution >= 0.6 is 11.6 Å². The first-order chi connectivity index (χ1) is 11.0. The van der Waals surface area contributed by atoms with E-state index in [-0.39, 0.29) is 5.91 Å². The number of carboxylic acid groups (broad SMARTS) is 1. The summed E-state index contributed by atoms with van der Waals surface area (Å²) in [4.78, 5) is 31.1. The van der Waals surface area contributed by atoms with Gasteiger partial charge in [0.1, 0.15) is 17.7 Å². The minimum atomic E-state index is -1.21. The highest BCUT2D eigenvalue weighted by Crippen LogP contribution is 2.27. The minimum absolute atomic E-state index is 0.310. The van der Waals surface area contributed by atoms with E-state index in [1.165, 1.54) is 4.90 Å². The maximum Gasteiger partial charge on any atom is 0.405 e. The number of anilines is 2. The smallest absolute Gasteiger partial charge is 0.405 e. The maximum atomic E-state index is 12.3. The Bertz CT molecular complexity index is 621. The zero-order valence-corrected chi connectivity index (χ0v) is 13.1. The molecule has 0 radical (unpaired) electrons. The van der Waals surface area contributed by atoms with Gasteiger partial charge in [0.2, 0.25) is 0 Å². The Morgan fingerprint density at radius 3 is 2.70 bits per heavy atom. The Balaban J connectivity index is 1.81. The molecule has 9 heteroatoms. The van der Waals surface area contributed by atoms with Gasteiger partial charge in [-0.3, -0.25) is 9.69 Å². The molecule has 0 spiro atoms. The van der Waals surface area contributed by atoms with Crippen LogP contribution in [-0.2, 0) is 9.53 Å². The van der Waals surface area contributed by atoms with Gasteiger partial charge in [-0.05, 0) is 18.6 Å². The second-order valence-corrected chi connectivity index (χ2v) is 5.82. The molecule has 0 bridgehead atoms. The molecule has 23 heavy (non-hydrogen) atoms. The molecular formula is C14H17ClN4O4. The summed E-state index contributed by atoms with van der Waals surface area (Å²) in [5, 5.41) is 11.5. The Morgan fingerprint density at radius 2 is 2.00 bits per heavy atom. The zero-order valence-electron chi connectivity index (χ0n) is 12.4. The summed E-state index contributed by atoms with van der Waals surface area (Å²) in [6.07, 6.45) is -0.801. The third-order valence-electron chi connectivity index (χ3n) is 3.88. The number of pyridine rings is 1. The number of hydrogen-bond donors (Lipinski definition) is 2. The number of ether oxygens (including phenoxy) is 1. The van der Waals surface area contributed by atoms with Crippen LogP contribution in [0.25, 0.3) is 0 Å². The van der Waals surface area contributed by atoms with Crippen molar-refractivity contribution < 1.29 is 19.4 Å². The van der Waals surface area contributed by atoms with Gasteiger partial charge in [-0.2, -0.15) is 0 Å². The SMILES string of the molecule is O=C(O)N[C@@H]1CCN(c2cc(Cl)cc(N3CCOCC3)n2)C1=O. The lowest BCUT2D eigenvalue weighted by atomic mass is 10.2. The second-order valence-electron chi connectivity index (χ2n) is 5.38. The van der Waals surface area contributed by atoms with E-state index in [2.05, 4.69) is 10.3 Å². The number of halogens is 1. The highest BCUT2D eigenvalue weighted by atomic mass is 35.5. The highest BCUT2D eigenvalue weighted by Gasteiger charge is 2.34. The van der Waals surface area contributed by atoms with E-state index in [9.17, 15) is 9.59 Å². The molecule has 2 saturated heterocycles. The lowest BCUT2D eigenvalue weighted by molar-refractivity contribution is -0.118. The first kappa shape index (κ1) is 15.8. The van der Waals surface area contributed by atoms with Crippen LogP contribution in [0.3, 0.4) is 0 Å². The lowest BCUT2D eigenvalue weighted by Crippen LogP contribution is -2.41. The van der Waals surface area contributed by atoms with Crippen molar-refractivity contribution in [3.63, 3.8) is 0 Å². The fourth-order valence-electron chi connectivity index (χ4n) is 2.75. The van der Waals surface area contributed by atoms with Crippen molar-refractivity contribution in [1.29, 1.82) is 0 Å². The van der Waals surface area contributed by atoms with Crippen molar-refractivity contribution in [2.45, 2.75) is 12.5 Å². The average molecular weight is 341 g/mol. The molecule has 0 saturated carbocycles. The second kappa shape index (κ2) is 6.59. The predicted octanol–water partition coefficient (Wildman–Crippen LogP) is 0.944. The van der Waals surface area contributed by atoms with E-state index >= 15 is 0 Å². The number of nitrogens with zero attached hydrogens (tertiary/aromatic N) is 3. The van der Waals surface area contributed by atoms with E-state index in [1.807, 2.05) is 4.90 Å². The molecule has 2 aliphatic rings. The van der Waals surface area contributed by atoms with E-state index in [1.54, 1.807) is 12.1 Å². The third kappa shape index (κ3) is 3.48. The van der Waals surface area contributed by atoms with E-state index in [0.717, 1.165) is 0 Å². The van der Waals surface area contributed by atoms with Crippen LogP contribution in [0.15, 0.2) is 12.1 Å². The van der Waals surface area contributed by atoms with Gasteiger partial charge in [0.25, 0.3) is 5.91 Å². The largest absolute Gasteiger partial charge is 0.465 e. The van der Waals surface area contributed by atoms with Gasteiger partial charge in [0.15, 0.2) is 0 Å². The van der Waals surface area contributed by atoms with Crippen LogP contribution in [0.1, 0.15) is 6.42 Å². The summed E-state index contributed by atoms with van der Waals surface area (Å²) in [6.45, 7) is 3.07. The lowest BCUT2D eigenvalue weighted by Gasteiger charge is -2.29. The van der Waals surface area contributed by atoms with Gasteiger partial charge < -0.3 is 20.1 Å². The predicted molar refractivity (Wildman–Crippen MR) is 84.2 cm³/mol. The standard InChI is InChI=1S/C14H17ClN4O4/c15-9-7-11(18-3-5-23-6-4-18)17-12(8-9)19-2-1-10(13(19)20)16-14(21)22/h7-8,10,16H,1-6H2,(H,21,22)/t10-/m1/s1. The minimum Gasteiger partial charge on any atom is -0.465 e. The molecule has 0 aromatic carbocycles. The summed E-state index contributed by atoms with van der Waals surface area (Å²) in [5.41, 5.74) is 0. The number of morpholine rings is 1. The molecule has 3 heterocycles. The number of aromatic nitrogens is 1. The van der Waals surface area contributed by atoms with Crippen LogP contribution in [0.5, 0.6) is 0 Å². The summed E-state index contributed by atoms with van der Waals surface area (Å²) in [6, 6.07) is 2.64. The number of hydrogen-bond acceptors (Lipinski definition) is 5. The topological polar surface area (TPSA) is 95.0 Å². The first-order valence-corrected chi connectivity index (χ1v) is 7.73. The van der Waals surface area contributed by atoms with Gasteiger partial charge >= 0.3 is 6.09 Å². The fourth-order valence-corrected chi connectivity index (χ4v) is 2.95. The molecule has 124 valence electrons. The molecule has 1 aromatic rings. The van der Waals surface area contributed by atoms with Gasteiger partial charge in [-0.1, -0.05) is 11.6 Å². The van der Waals surface area contributed by atoms with E-state index in [4.69, 9.17) is 21.4 Å². The normalized spacial score (nSPS) is 21.6. The van der Waals surface area contributed by atoms with E-state index < -0.39 is 12.1 Å². The molecule has 1 atom stereocenters. The molecule has 0 aliphatic carbocycles. The van der Waals surface area contributed by atoms with Gasteiger partial charge in [-0.15, -0.1) is 0 Å². The van der Waals surface area contributed by atoms with Crippen molar-refractivity contribution in [3.05, 3.63) is 17.2 Å². The molecule has 2 fully saturated rings. The number of amides is 2.